The van der Waals surface area contributed by atoms with E-state index in [1.54, 1.807) is 0 Å². The van der Waals surface area contributed by atoms with Gasteiger partial charge in [-0.2, -0.15) is 0 Å². The van der Waals surface area contributed by atoms with Crippen molar-refractivity contribution in [2.75, 3.05) is 19.8 Å². The molecule has 0 saturated carbocycles. The third kappa shape index (κ3) is 39.1. The van der Waals surface area contributed by atoms with Gasteiger partial charge in [0, 0.05) is 13.0 Å². The molecule has 0 aromatic heterocycles. The van der Waals surface area contributed by atoms with Gasteiger partial charge in [0.2, 0.25) is 0 Å². The summed E-state index contributed by atoms with van der Waals surface area (Å²) in [7, 11) is 0. The van der Waals surface area contributed by atoms with Crippen molar-refractivity contribution in [2.45, 2.75) is 219 Å². The molecule has 48 heavy (non-hydrogen) atoms. The summed E-state index contributed by atoms with van der Waals surface area (Å²) in [6, 6.07) is 0. The summed E-state index contributed by atoms with van der Waals surface area (Å²) in [4.78, 5) is 12.2. The lowest BCUT2D eigenvalue weighted by Crippen LogP contribution is -2.27. The first-order chi connectivity index (χ1) is 23.7. The SMILES string of the molecule is CCC/C=C\CCCCCCCCOCC(CO)OC(=O)CCCCCCCCCCCCCCC/C=C\C/C=C\CCCCCCC. The Labute approximate surface area is 300 Å². The Bertz CT molecular complexity index is 713. The van der Waals surface area contributed by atoms with Gasteiger partial charge in [-0.1, -0.05) is 179 Å². The quantitative estimate of drug-likeness (QED) is 0.0400. The van der Waals surface area contributed by atoms with E-state index in [1.807, 2.05) is 0 Å². The van der Waals surface area contributed by atoms with Gasteiger partial charge < -0.3 is 14.6 Å². The van der Waals surface area contributed by atoms with Crippen LogP contribution in [-0.4, -0.2) is 37.0 Å². The fraction of sp³-hybridized carbons (Fsp3) is 0.841. The van der Waals surface area contributed by atoms with E-state index >= 15 is 0 Å². The molecule has 0 aliphatic rings. The van der Waals surface area contributed by atoms with E-state index < -0.39 is 6.10 Å². The third-order valence-electron chi connectivity index (χ3n) is 9.17. The molecule has 0 aliphatic heterocycles. The molecule has 0 bridgehead atoms. The van der Waals surface area contributed by atoms with Gasteiger partial charge in [0.15, 0.2) is 0 Å². The minimum absolute atomic E-state index is 0.173. The van der Waals surface area contributed by atoms with Crippen molar-refractivity contribution in [1.29, 1.82) is 0 Å². The molecule has 0 saturated heterocycles. The summed E-state index contributed by atoms with van der Waals surface area (Å²) < 4.78 is 11.1. The molecule has 0 fully saturated rings. The van der Waals surface area contributed by atoms with Crippen molar-refractivity contribution in [2.24, 2.45) is 0 Å². The zero-order valence-corrected chi connectivity index (χ0v) is 32.3. The lowest BCUT2D eigenvalue weighted by molar-refractivity contribution is -0.154. The van der Waals surface area contributed by atoms with E-state index in [-0.39, 0.29) is 12.6 Å². The maximum atomic E-state index is 12.2. The van der Waals surface area contributed by atoms with Crippen LogP contribution in [0.15, 0.2) is 36.5 Å². The van der Waals surface area contributed by atoms with Crippen LogP contribution in [-0.2, 0) is 14.3 Å². The number of aliphatic hydroxyl groups excluding tert-OH is 1. The molecule has 4 nitrogen and oxygen atoms in total. The maximum Gasteiger partial charge on any atom is 0.306 e. The molecule has 0 rings (SSSR count). The standard InChI is InChI=1S/C44H82O4/c1-3-5-7-9-11-13-15-16-17-18-19-20-21-22-23-24-25-26-27-28-29-31-33-35-37-39-44(46)48-43(41-45)42-47-40-38-36-34-32-30-14-12-10-8-6-4-2/h8,10,15-16,18-19,43,45H,3-7,9,11-14,17,20-42H2,1-2H3/b10-8-,16-15-,19-18-. The number of allylic oxidation sites excluding steroid dienone is 6. The number of carbonyl (C=O) groups is 1. The van der Waals surface area contributed by atoms with Crippen LogP contribution in [0.5, 0.6) is 0 Å². The van der Waals surface area contributed by atoms with E-state index in [0.29, 0.717) is 19.6 Å². The highest BCUT2D eigenvalue weighted by molar-refractivity contribution is 5.69. The number of carbonyl (C=O) groups excluding carboxylic acids is 1. The van der Waals surface area contributed by atoms with Crippen LogP contribution in [0.1, 0.15) is 213 Å². The van der Waals surface area contributed by atoms with Gasteiger partial charge in [-0.15, -0.1) is 0 Å². The van der Waals surface area contributed by atoms with Crippen molar-refractivity contribution in [3.63, 3.8) is 0 Å². The van der Waals surface area contributed by atoms with Gasteiger partial charge in [-0.25, -0.2) is 0 Å². The van der Waals surface area contributed by atoms with Gasteiger partial charge in [-0.3, -0.25) is 4.79 Å². The molecule has 1 atom stereocenters. The van der Waals surface area contributed by atoms with Crippen molar-refractivity contribution < 1.29 is 19.4 Å². The molecule has 0 spiro atoms. The summed E-state index contributed by atoms with van der Waals surface area (Å²) in [6.45, 7) is 5.28. The maximum absolute atomic E-state index is 12.2. The second-order valence-electron chi connectivity index (χ2n) is 14.1. The molecule has 0 aliphatic carbocycles. The first-order valence-electron chi connectivity index (χ1n) is 21.1. The number of hydrogen-bond acceptors (Lipinski definition) is 4. The molecule has 0 radical (unpaired) electrons. The van der Waals surface area contributed by atoms with Crippen LogP contribution >= 0.6 is 0 Å². The van der Waals surface area contributed by atoms with Gasteiger partial charge in [-0.05, 0) is 64.2 Å². The molecular weight excluding hydrogens is 592 g/mol. The second kappa shape index (κ2) is 41.8. The topological polar surface area (TPSA) is 55.8 Å². The highest BCUT2D eigenvalue weighted by Crippen LogP contribution is 2.14. The summed E-state index contributed by atoms with van der Waals surface area (Å²) >= 11 is 0. The smallest absolute Gasteiger partial charge is 0.306 e. The zero-order chi connectivity index (χ0) is 34.9. The Morgan fingerprint density at radius 2 is 0.917 bits per heavy atom. The monoisotopic (exact) mass is 675 g/mol. The first kappa shape index (κ1) is 46.6. The molecular formula is C44H82O4. The van der Waals surface area contributed by atoms with Crippen LogP contribution in [0, 0.1) is 0 Å². The molecule has 4 heteroatoms. The molecule has 1 unspecified atom stereocenters. The number of aliphatic hydroxyl groups is 1. The second-order valence-corrected chi connectivity index (χ2v) is 14.1. The van der Waals surface area contributed by atoms with Crippen LogP contribution < -0.4 is 0 Å². The molecule has 282 valence electrons. The van der Waals surface area contributed by atoms with Crippen molar-refractivity contribution in [3.8, 4) is 0 Å². The average molecular weight is 675 g/mol. The van der Waals surface area contributed by atoms with E-state index in [0.717, 1.165) is 25.7 Å². The van der Waals surface area contributed by atoms with Crippen LogP contribution in [0.25, 0.3) is 0 Å². The number of unbranched alkanes of at least 4 members (excludes halogenated alkanes) is 25. The van der Waals surface area contributed by atoms with Gasteiger partial charge >= 0.3 is 5.97 Å². The fourth-order valence-corrected chi connectivity index (χ4v) is 6.01. The predicted octanol–water partition coefficient (Wildman–Crippen LogP) is 13.7. The minimum atomic E-state index is -0.535. The van der Waals surface area contributed by atoms with Crippen LogP contribution in [0.4, 0.5) is 0 Å². The summed E-state index contributed by atoms with van der Waals surface area (Å²) in [5.41, 5.74) is 0. The Morgan fingerprint density at radius 3 is 1.40 bits per heavy atom. The number of hydrogen-bond donors (Lipinski definition) is 1. The number of esters is 1. The Morgan fingerprint density at radius 1 is 0.500 bits per heavy atom. The Kier molecular flexibility index (Phi) is 40.6. The van der Waals surface area contributed by atoms with Crippen LogP contribution in [0.2, 0.25) is 0 Å². The Hall–Kier alpha value is -1.39. The van der Waals surface area contributed by atoms with Crippen molar-refractivity contribution >= 4 is 5.97 Å². The lowest BCUT2D eigenvalue weighted by Gasteiger charge is -2.15. The van der Waals surface area contributed by atoms with Crippen LogP contribution in [0.3, 0.4) is 0 Å². The van der Waals surface area contributed by atoms with E-state index in [9.17, 15) is 9.90 Å². The third-order valence-corrected chi connectivity index (χ3v) is 9.17. The summed E-state index contributed by atoms with van der Waals surface area (Å²) in [5.74, 6) is -0.204. The van der Waals surface area contributed by atoms with Gasteiger partial charge in [0.25, 0.3) is 0 Å². The van der Waals surface area contributed by atoms with E-state index in [1.165, 1.54) is 167 Å². The lowest BCUT2D eigenvalue weighted by atomic mass is 10.0. The fourth-order valence-electron chi connectivity index (χ4n) is 6.01. The largest absolute Gasteiger partial charge is 0.457 e. The van der Waals surface area contributed by atoms with Crippen molar-refractivity contribution in [1.82, 2.24) is 0 Å². The zero-order valence-electron chi connectivity index (χ0n) is 32.3. The summed E-state index contributed by atoms with van der Waals surface area (Å²) in [5, 5.41) is 9.57. The molecule has 0 amide bonds. The van der Waals surface area contributed by atoms with E-state index in [2.05, 4.69) is 50.3 Å². The highest BCUT2D eigenvalue weighted by Gasteiger charge is 2.13. The minimum Gasteiger partial charge on any atom is -0.457 e. The van der Waals surface area contributed by atoms with Gasteiger partial charge in [0.05, 0.1) is 13.2 Å². The van der Waals surface area contributed by atoms with Gasteiger partial charge in [0.1, 0.15) is 6.10 Å². The molecule has 1 N–H and O–H groups in total. The molecule has 0 heterocycles. The molecule has 0 aromatic rings. The Balaban J connectivity index is 3.39. The highest BCUT2D eigenvalue weighted by atomic mass is 16.6. The number of ether oxygens (including phenoxy) is 2. The predicted molar refractivity (Wildman–Crippen MR) is 210 cm³/mol. The summed E-state index contributed by atoms with van der Waals surface area (Å²) in [6.07, 6.45) is 52.1. The van der Waals surface area contributed by atoms with Crippen molar-refractivity contribution in [3.05, 3.63) is 36.5 Å². The average Bonchev–Trinajstić information content (AvgIpc) is 3.09. The van der Waals surface area contributed by atoms with E-state index in [4.69, 9.17) is 9.47 Å². The number of rotatable bonds is 39. The first-order valence-corrected chi connectivity index (χ1v) is 21.1. The molecule has 0 aromatic carbocycles. The normalized spacial score (nSPS) is 12.6.